The summed E-state index contributed by atoms with van der Waals surface area (Å²) in [6, 6.07) is -0.321. The zero-order valence-electron chi connectivity index (χ0n) is 19.7. The summed E-state index contributed by atoms with van der Waals surface area (Å²) in [6.45, 7) is 8.92. The predicted molar refractivity (Wildman–Crippen MR) is 120 cm³/mol. The number of rotatable bonds is 8. The van der Waals surface area contributed by atoms with Gasteiger partial charge in [-0.05, 0) is 64.7 Å². The number of hydrogen-bond donors (Lipinski definition) is 2. The van der Waals surface area contributed by atoms with Crippen molar-refractivity contribution in [3.63, 3.8) is 0 Å². The van der Waals surface area contributed by atoms with Crippen LogP contribution in [0.15, 0.2) is 0 Å². The Morgan fingerprint density at radius 3 is 2.53 bits per heavy atom. The van der Waals surface area contributed by atoms with E-state index in [0.717, 1.165) is 25.7 Å². The number of carbonyl (C=O) groups is 2. The Bertz CT molecular complexity index is 843. The molecule has 182 valence electrons. The van der Waals surface area contributed by atoms with Crippen molar-refractivity contribution in [2.45, 2.75) is 102 Å². The van der Waals surface area contributed by atoms with Gasteiger partial charge in [0.05, 0.1) is 23.8 Å². The van der Waals surface area contributed by atoms with Crippen LogP contribution < -0.4 is 10.2 Å². The minimum absolute atomic E-state index is 0.166. The zero-order chi connectivity index (χ0) is 23.3. The molecule has 2 saturated heterocycles. The fraction of sp³-hybridized carbons (Fsp3) is 0.909. The molecule has 10 heteroatoms. The van der Waals surface area contributed by atoms with Gasteiger partial charge in [-0.3, -0.25) is 14.5 Å². The van der Waals surface area contributed by atoms with Gasteiger partial charge in [-0.2, -0.15) is 5.48 Å². The Morgan fingerprint density at radius 2 is 1.94 bits per heavy atom. The van der Waals surface area contributed by atoms with E-state index in [1.807, 2.05) is 18.7 Å². The molecule has 0 aromatic rings. The van der Waals surface area contributed by atoms with E-state index in [1.54, 1.807) is 0 Å². The second-order valence-corrected chi connectivity index (χ2v) is 12.9. The van der Waals surface area contributed by atoms with Crippen LogP contribution in [0.3, 0.4) is 0 Å². The van der Waals surface area contributed by atoms with Crippen molar-refractivity contribution < 1.29 is 22.8 Å². The number of amides is 3. The van der Waals surface area contributed by atoms with Gasteiger partial charge in [-0.15, -0.1) is 0 Å². The van der Waals surface area contributed by atoms with Crippen LogP contribution in [0.5, 0.6) is 0 Å². The Hall–Kier alpha value is -1.23. The molecular formula is C22H38N4O5S. The molecule has 0 aromatic carbocycles. The van der Waals surface area contributed by atoms with Crippen LogP contribution in [0.2, 0.25) is 0 Å². The third kappa shape index (κ3) is 4.98. The predicted octanol–water partition coefficient (Wildman–Crippen LogP) is 1.99. The standard InChI is InChI=1S/C22H38N4O5S/c1-14(2)7-10-25-19-6-5-17(32(29,30)24-22(4)8-9-22)12-18(19)20(27)26(21(25)28)13-16-11-15(3)23-31-16/h14-19,23-24H,5-13H2,1-4H3. The fourth-order valence-corrected chi connectivity index (χ4v) is 7.15. The van der Waals surface area contributed by atoms with Crippen molar-refractivity contribution in [3.05, 3.63) is 0 Å². The van der Waals surface area contributed by atoms with E-state index in [0.29, 0.717) is 25.3 Å². The number of sulfonamides is 1. The minimum atomic E-state index is -3.52. The molecule has 2 aliphatic heterocycles. The molecule has 2 saturated carbocycles. The highest BCUT2D eigenvalue weighted by molar-refractivity contribution is 7.90. The lowest BCUT2D eigenvalue weighted by Crippen LogP contribution is -2.65. The molecule has 4 rings (SSSR count). The second-order valence-electron chi connectivity index (χ2n) is 10.9. The summed E-state index contributed by atoms with van der Waals surface area (Å²) >= 11 is 0. The average molecular weight is 471 g/mol. The lowest BCUT2D eigenvalue weighted by atomic mass is 9.80. The quantitative estimate of drug-likeness (QED) is 0.562. The lowest BCUT2D eigenvalue weighted by Gasteiger charge is -2.48. The molecule has 4 fully saturated rings. The SMILES string of the molecule is CC(C)CCN1C(=O)N(CC2CC(C)NO2)C(=O)C2CC(S(=O)(=O)NC3(C)CC3)CCC21. The van der Waals surface area contributed by atoms with Gasteiger partial charge in [0.1, 0.15) is 0 Å². The summed E-state index contributed by atoms with van der Waals surface area (Å²) in [5.41, 5.74) is 2.57. The largest absolute Gasteiger partial charge is 0.327 e. The number of hydroxylamine groups is 1. The van der Waals surface area contributed by atoms with Gasteiger partial charge in [0.25, 0.3) is 0 Å². The summed E-state index contributed by atoms with van der Waals surface area (Å²) in [5.74, 6) is -0.314. The molecule has 0 bridgehead atoms. The summed E-state index contributed by atoms with van der Waals surface area (Å²) < 4.78 is 28.9. The van der Waals surface area contributed by atoms with Gasteiger partial charge >= 0.3 is 6.03 Å². The highest BCUT2D eigenvalue weighted by Crippen LogP contribution is 2.40. The van der Waals surface area contributed by atoms with Gasteiger partial charge in [-0.25, -0.2) is 17.9 Å². The number of fused-ring (bicyclic) bond motifs is 1. The average Bonchev–Trinajstić information content (AvgIpc) is 3.28. The maximum Gasteiger partial charge on any atom is 0.327 e. The fourth-order valence-electron chi connectivity index (χ4n) is 5.19. The molecule has 2 N–H and O–H groups in total. The van der Waals surface area contributed by atoms with Crippen molar-refractivity contribution in [1.29, 1.82) is 0 Å². The van der Waals surface area contributed by atoms with E-state index in [2.05, 4.69) is 24.0 Å². The van der Waals surface area contributed by atoms with Crippen LogP contribution >= 0.6 is 0 Å². The molecule has 0 aromatic heterocycles. The topological polar surface area (TPSA) is 108 Å². The molecule has 5 atom stereocenters. The zero-order valence-corrected chi connectivity index (χ0v) is 20.5. The molecule has 4 aliphatic rings. The Kier molecular flexibility index (Phi) is 6.61. The van der Waals surface area contributed by atoms with Crippen LogP contribution in [-0.4, -0.2) is 72.2 Å². The van der Waals surface area contributed by atoms with E-state index in [9.17, 15) is 18.0 Å². The van der Waals surface area contributed by atoms with E-state index in [1.165, 1.54) is 4.90 Å². The van der Waals surface area contributed by atoms with E-state index < -0.39 is 21.2 Å². The van der Waals surface area contributed by atoms with Crippen molar-refractivity contribution in [2.75, 3.05) is 13.1 Å². The highest BCUT2D eigenvalue weighted by Gasteiger charge is 2.52. The number of nitrogens with zero attached hydrogens (tertiary/aromatic N) is 2. The number of imide groups is 1. The van der Waals surface area contributed by atoms with Crippen LogP contribution in [0, 0.1) is 11.8 Å². The third-order valence-electron chi connectivity index (χ3n) is 7.44. The van der Waals surface area contributed by atoms with Gasteiger partial charge in [0.15, 0.2) is 0 Å². The van der Waals surface area contributed by atoms with Crippen LogP contribution in [0.4, 0.5) is 4.79 Å². The number of urea groups is 1. The molecule has 0 spiro atoms. The minimum Gasteiger partial charge on any atom is -0.320 e. The Balaban J connectivity index is 1.53. The molecule has 5 unspecified atom stereocenters. The molecule has 3 amide bonds. The van der Waals surface area contributed by atoms with Crippen molar-refractivity contribution in [2.24, 2.45) is 11.8 Å². The number of hydrogen-bond acceptors (Lipinski definition) is 6. The molecule has 2 aliphatic carbocycles. The normalized spacial score (nSPS) is 34.8. The van der Waals surface area contributed by atoms with Gasteiger partial charge in [0.2, 0.25) is 15.9 Å². The summed E-state index contributed by atoms with van der Waals surface area (Å²) in [7, 11) is -3.52. The van der Waals surface area contributed by atoms with Crippen molar-refractivity contribution >= 4 is 22.0 Å². The molecule has 2 heterocycles. The third-order valence-corrected chi connectivity index (χ3v) is 9.52. The van der Waals surface area contributed by atoms with E-state index in [-0.39, 0.29) is 48.6 Å². The molecule has 32 heavy (non-hydrogen) atoms. The smallest absolute Gasteiger partial charge is 0.320 e. The first-order chi connectivity index (χ1) is 15.0. The Morgan fingerprint density at radius 1 is 1.22 bits per heavy atom. The van der Waals surface area contributed by atoms with E-state index in [4.69, 9.17) is 4.84 Å². The molecule has 0 radical (unpaired) electrons. The Labute approximate surface area is 191 Å². The second kappa shape index (κ2) is 8.85. The first-order valence-electron chi connectivity index (χ1n) is 12.0. The number of nitrogens with one attached hydrogen (secondary N) is 2. The first kappa shape index (κ1) is 23.9. The highest BCUT2D eigenvalue weighted by atomic mass is 32.2. The van der Waals surface area contributed by atoms with E-state index >= 15 is 0 Å². The molecular weight excluding hydrogens is 432 g/mol. The van der Waals surface area contributed by atoms with Crippen LogP contribution in [-0.2, 0) is 19.7 Å². The maximum atomic E-state index is 13.5. The first-order valence-corrected chi connectivity index (χ1v) is 13.6. The van der Waals surface area contributed by atoms with Crippen molar-refractivity contribution in [1.82, 2.24) is 20.0 Å². The van der Waals surface area contributed by atoms with Gasteiger partial charge < -0.3 is 4.90 Å². The maximum absolute atomic E-state index is 13.5. The van der Waals surface area contributed by atoms with Crippen LogP contribution in [0.25, 0.3) is 0 Å². The summed E-state index contributed by atoms with van der Waals surface area (Å²) in [5, 5.41) is -0.600. The monoisotopic (exact) mass is 470 g/mol. The molecule has 9 nitrogen and oxygen atoms in total. The van der Waals surface area contributed by atoms with Gasteiger partial charge in [-0.1, -0.05) is 13.8 Å². The van der Waals surface area contributed by atoms with Gasteiger partial charge in [0, 0.05) is 24.2 Å². The summed E-state index contributed by atoms with van der Waals surface area (Å²) in [6.07, 6.45) is 4.28. The lowest BCUT2D eigenvalue weighted by molar-refractivity contribution is -0.142. The number of carbonyl (C=O) groups excluding carboxylic acids is 2. The summed E-state index contributed by atoms with van der Waals surface area (Å²) in [4.78, 5) is 35.5. The van der Waals surface area contributed by atoms with Crippen molar-refractivity contribution in [3.8, 4) is 0 Å². The van der Waals surface area contributed by atoms with Crippen LogP contribution in [0.1, 0.15) is 72.6 Å².